The molecule has 0 bridgehead atoms. The molecular weight excluding hydrogens is 308 g/mol. The fraction of sp³-hybridized carbons (Fsp3) is 0.0833. The van der Waals surface area contributed by atoms with E-state index in [1.807, 2.05) is 0 Å². The van der Waals surface area contributed by atoms with Crippen LogP contribution in [0.1, 0.15) is 5.56 Å². The number of benzene rings is 1. The first kappa shape index (κ1) is 12.3. The van der Waals surface area contributed by atoms with Gasteiger partial charge in [0.2, 0.25) is 0 Å². The minimum absolute atomic E-state index is 0.186. The Bertz CT molecular complexity index is 536. The SMILES string of the molecule is Fc1cc(Br)ccc1OCc1cccnc1Cl. The minimum atomic E-state index is -0.417. The van der Waals surface area contributed by atoms with Gasteiger partial charge in [-0.25, -0.2) is 9.37 Å². The van der Waals surface area contributed by atoms with Gasteiger partial charge in [-0.2, -0.15) is 0 Å². The average molecular weight is 317 g/mol. The summed E-state index contributed by atoms with van der Waals surface area (Å²) in [4.78, 5) is 3.91. The molecule has 5 heteroatoms. The average Bonchev–Trinajstić information content (AvgIpc) is 2.30. The summed E-state index contributed by atoms with van der Waals surface area (Å²) in [5.74, 6) is -0.229. The lowest BCUT2D eigenvalue weighted by Gasteiger charge is -2.08. The van der Waals surface area contributed by atoms with Crippen LogP contribution in [-0.4, -0.2) is 4.98 Å². The van der Waals surface area contributed by atoms with E-state index in [4.69, 9.17) is 16.3 Å². The molecule has 0 N–H and O–H groups in total. The minimum Gasteiger partial charge on any atom is -0.486 e. The second-order valence-corrected chi connectivity index (χ2v) is 4.59. The topological polar surface area (TPSA) is 22.1 Å². The second-order valence-electron chi connectivity index (χ2n) is 3.32. The van der Waals surface area contributed by atoms with Gasteiger partial charge in [0, 0.05) is 16.2 Å². The van der Waals surface area contributed by atoms with Gasteiger partial charge >= 0.3 is 0 Å². The van der Waals surface area contributed by atoms with E-state index >= 15 is 0 Å². The highest BCUT2D eigenvalue weighted by molar-refractivity contribution is 9.10. The molecule has 0 aliphatic rings. The van der Waals surface area contributed by atoms with E-state index in [2.05, 4.69) is 20.9 Å². The maximum absolute atomic E-state index is 13.5. The first-order valence-corrected chi connectivity index (χ1v) is 6.01. The third-order valence-electron chi connectivity index (χ3n) is 2.11. The van der Waals surface area contributed by atoms with Crippen LogP contribution in [-0.2, 0) is 6.61 Å². The van der Waals surface area contributed by atoms with Crippen LogP contribution in [0.25, 0.3) is 0 Å². The summed E-state index contributed by atoms with van der Waals surface area (Å²) in [5, 5.41) is 0.366. The highest BCUT2D eigenvalue weighted by Gasteiger charge is 2.06. The summed E-state index contributed by atoms with van der Waals surface area (Å²) in [7, 11) is 0. The first-order valence-electron chi connectivity index (χ1n) is 4.84. The van der Waals surface area contributed by atoms with Crippen LogP contribution < -0.4 is 4.74 Å². The van der Waals surface area contributed by atoms with Crippen molar-refractivity contribution in [2.75, 3.05) is 0 Å². The highest BCUT2D eigenvalue weighted by Crippen LogP contribution is 2.23. The van der Waals surface area contributed by atoms with Crippen molar-refractivity contribution < 1.29 is 9.13 Å². The molecule has 0 spiro atoms. The quantitative estimate of drug-likeness (QED) is 0.791. The lowest BCUT2D eigenvalue weighted by Crippen LogP contribution is -1.98. The first-order chi connectivity index (χ1) is 8.16. The summed E-state index contributed by atoms with van der Waals surface area (Å²) < 4.78 is 19.5. The molecular formula is C12H8BrClFNO. The normalized spacial score (nSPS) is 10.3. The maximum atomic E-state index is 13.5. The van der Waals surface area contributed by atoms with Crippen molar-refractivity contribution in [3.05, 3.63) is 57.5 Å². The predicted octanol–water partition coefficient (Wildman–Crippen LogP) is 4.22. The molecule has 2 nitrogen and oxygen atoms in total. The van der Waals surface area contributed by atoms with E-state index in [9.17, 15) is 4.39 Å². The van der Waals surface area contributed by atoms with Crippen molar-refractivity contribution >= 4 is 27.5 Å². The Morgan fingerprint density at radius 1 is 1.35 bits per heavy atom. The van der Waals surface area contributed by atoms with Gasteiger partial charge in [-0.1, -0.05) is 33.6 Å². The van der Waals surface area contributed by atoms with Crippen LogP contribution in [0.5, 0.6) is 5.75 Å². The Morgan fingerprint density at radius 3 is 2.88 bits per heavy atom. The predicted molar refractivity (Wildman–Crippen MR) is 67.7 cm³/mol. The number of hydrogen-bond acceptors (Lipinski definition) is 2. The molecule has 1 heterocycles. The van der Waals surface area contributed by atoms with Gasteiger partial charge < -0.3 is 4.74 Å². The van der Waals surface area contributed by atoms with E-state index in [0.717, 1.165) is 5.56 Å². The van der Waals surface area contributed by atoms with Gasteiger partial charge in [-0.15, -0.1) is 0 Å². The number of nitrogens with zero attached hydrogens (tertiary/aromatic N) is 1. The van der Waals surface area contributed by atoms with Crippen molar-refractivity contribution in [2.24, 2.45) is 0 Å². The number of pyridine rings is 1. The van der Waals surface area contributed by atoms with Crippen molar-refractivity contribution in [3.8, 4) is 5.75 Å². The molecule has 0 unspecified atom stereocenters. The molecule has 1 aromatic heterocycles. The fourth-order valence-electron chi connectivity index (χ4n) is 1.27. The summed E-state index contributed by atoms with van der Waals surface area (Å²) in [6, 6.07) is 8.15. The molecule has 0 aliphatic carbocycles. The molecule has 0 saturated heterocycles. The molecule has 1 aromatic carbocycles. The largest absolute Gasteiger partial charge is 0.486 e. The van der Waals surface area contributed by atoms with Gasteiger partial charge in [-0.05, 0) is 24.3 Å². The van der Waals surface area contributed by atoms with Gasteiger partial charge in [0.15, 0.2) is 11.6 Å². The summed E-state index contributed by atoms with van der Waals surface area (Å²) in [6.45, 7) is 0.186. The van der Waals surface area contributed by atoms with Crippen LogP contribution >= 0.6 is 27.5 Å². The third kappa shape index (κ3) is 3.17. The molecule has 2 rings (SSSR count). The number of halogens is 3. The van der Waals surface area contributed by atoms with E-state index in [-0.39, 0.29) is 12.4 Å². The molecule has 0 fully saturated rings. The van der Waals surface area contributed by atoms with Gasteiger partial charge in [0.05, 0.1) is 0 Å². The number of rotatable bonds is 3. The van der Waals surface area contributed by atoms with Crippen LogP contribution in [0.2, 0.25) is 5.15 Å². The van der Waals surface area contributed by atoms with Crippen molar-refractivity contribution in [1.29, 1.82) is 0 Å². The Labute approximate surface area is 112 Å². The molecule has 17 heavy (non-hydrogen) atoms. The van der Waals surface area contributed by atoms with Gasteiger partial charge in [0.1, 0.15) is 11.8 Å². The molecule has 2 aromatic rings. The monoisotopic (exact) mass is 315 g/mol. The standard InChI is InChI=1S/C12H8BrClFNO/c13-9-3-4-11(10(15)6-9)17-7-8-2-1-5-16-12(8)14/h1-6H,7H2. The summed E-state index contributed by atoms with van der Waals surface area (Å²) >= 11 is 9.04. The molecule has 0 saturated carbocycles. The zero-order chi connectivity index (χ0) is 12.3. The highest BCUT2D eigenvalue weighted by atomic mass is 79.9. The molecule has 0 radical (unpaired) electrons. The van der Waals surface area contributed by atoms with E-state index in [1.54, 1.807) is 30.5 Å². The van der Waals surface area contributed by atoms with Crippen LogP contribution in [0, 0.1) is 5.82 Å². The Morgan fingerprint density at radius 2 is 2.18 bits per heavy atom. The molecule has 0 aliphatic heterocycles. The number of hydrogen-bond donors (Lipinski definition) is 0. The van der Waals surface area contributed by atoms with Crippen molar-refractivity contribution in [2.45, 2.75) is 6.61 Å². The maximum Gasteiger partial charge on any atom is 0.166 e. The van der Waals surface area contributed by atoms with Gasteiger partial charge in [-0.3, -0.25) is 0 Å². The summed E-state index contributed by atoms with van der Waals surface area (Å²) in [5.41, 5.74) is 0.719. The van der Waals surface area contributed by atoms with Crippen LogP contribution in [0.15, 0.2) is 41.0 Å². The van der Waals surface area contributed by atoms with Crippen molar-refractivity contribution in [1.82, 2.24) is 4.98 Å². The molecule has 0 atom stereocenters. The fourth-order valence-corrected chi connectivity index (χ4v) is 1.78. The molecule has 88 valence electrons. The van der Waals surface area contributed by atoms with E-state index in [1.165, 1.54) is 6.07 Å². The van der Waals surface area contributed by atoms with Crippen LogP contribution in [0.3, 0.4) is 0 Å². The lowest BCUT2D eigenvalue weighted by molar-refractivity contribution is 0.290. The Balaban J connectivity index is 2.10. The molecule has 0 amide bonds. The zero-order valence-corrected chi connectivity index (χ0v) is 11.0. The van der Waals surface area contributed by atoms with Crippen molar-refractivity contribution in [3.63, 3.8) is 0 Å². The lowest BCUT2D eigenvalue weighted by atomic mass is 10.3. The van der Waals surface area contributed by atoms with E-state index < -0.39 is 5.82 Å². The van der Waals surface area contributed by atoms with Crippen LogP contribution in [0.4, 0.5) is 4.39 Å². The number of ether oxygens (including phenoxy) is 1. The smallest absolute Gasteiger partial charge is 0.166 e. The summed E-state index contributed by atoms with van der Waals surface area (Å²) in [6.07, 6.45) is 1.59. The zero-order valence-electron chi connectivity index (χ0n) is 8.66. The third-order valence-corrected chi connectivity index (χ3v) is 2.95. The number of aromatic nitrogens is 1. The Hall–Kier alpha value is -1.13. The second kappa shape index (κ2) is 5.47. The van der Waals surface area contributed by atoms with Gasteiger partial charge in [0.25, 0.3) is 0 Å². The van der Waals surface area contributed by atoms with E-state index in [0.29, 0.717) is 9.63 Å². The Kier molecular flexibility index (Phi) is 3.97.